The molecular weight excluding hydrogens is 444 g/mol. The van der Waals surface area contributed by atoms with E-state index in [0.717, 1.165) is 5.56 Å². The van der Waals surface area contributed by atoms with Crippen molar-refractivity contribution in [1.29, 1.82) is 0 Å². The Morgan fingerprint density at radius 2 is 1.40 bits per heavy atom. The highest BCUT2D eigenvalue weighted by Gasteiger charge is 2.35. The van der Waals surface area contributed by atoms with Gasteiger partial charge in [0.1, 0.15) is 6.33 Å². The van der Waals surface area contributed by atoms with Gasteiger partial charge in [0.15, 0.2) is 13.2 Å². The number of aryl methyl sites for hydroxylation is 2. The molecule has 0 saturated carbocycles. The van der Waals surface area contributed by atoms with Crippen LogP contribution in [0.4, 0.5) is 32.0 Å². The van der Waals surface area contributed by atoms with Crippen molar-refractivity contribution in [2.75, 3.05) is 17.9 Å². The first-order chi connectivity index (χ1) is 13.7. The SMILES string of the molecule is Cc1ccc(NS(=O)(=O)c2c(OCC(F)(F)F)ncnc2OCC(F)(F)F)cc1C. The molecule has 0 aliphatic carbocycles. The van der Waals surface area contributed by atoms with Crippen molar-refractivity contribution in [3.8, 4) is 11.8 Å². The highest BCUT2D eigenvalue weighted by molar-refractivity contribution is 7.93. The lowest BCUT2D eigenvalue weighted by Crippen LogP contribution is -2.24. The number of rotatable bonds is 7. The zero-order chi connectivity index (χ0) is 22.7. The summed E-state index contributed by atoms with van der Waals surface area (Å²) in [5.74, 6) is -2.23. The lowest BCUT2D eigenvalue weighted by molar-refractivity contribution is -0.155. The van der Waals surface area contributed by atoms with Gasteiger partial charge in [-0.15, -0.1) is 0 Å². The van der Waals surface area contributed by atoms with Gasteiger partial charge in [-0.25, -0.2) is 18.4 Å². The molecule has 0 saturated heterocycles. The summed E-state index contributed by atoms with van der Waals surface area (Å²) in [5.41, 5.74) is 1.51. The Labute approximate surface area is 167 Å². The molecule has 0 fully saturated rings. The van der Waals surface area contributed by atoms with Gasteiger partial charge in [0.05, 0.1) is 0 Å². The largest absolute Gasteiger partial charge is 0.467 e. The van der Waals surface area contributed by atoms with Crippen molar-refractivity contribution < 1.29 is 44.2 Å². The smallest absolute Gasteiger partial charge is 0.422 e. The third-order valence-corrected chi connectivity index (χ3v) is 4.90. The average Bonchev–Trinajstić information content (AvgIpc) is 2.59. The summed E-state index contributed by atoms with van der Waals surface area (Å²) in [6, 6.07) is 4.34. The fourth-order valence-corrected chi connectivity index (χ4v) is 3.31. The summed E-state index contributed by atoms with van der Waals surface area (Å²) < 4.78 is 111. The number of nitrogens with zero attached hydrogens (tertiary/aromatic N) is 2. The monoisotopic (exact) mass is 459 g/mol. The standard InChI is InChI=1S/C16H15F6N3O4S/c1-9-3-4-11(5-10(9)2)25-30(26,27)12-13(28-6-15(17,18)19)23-8-24-14(12)29-7-16(20,21)22/h3-5,8,25H,6-7H2,1-2H3. The molecule has 0 radical (unpaired) electrons. The molecule has 1 aromatic heterocycles. The van der Waals surface area contributed by atoms with Gasteiger partial charge >= 0.3 is 12.4 Å². The summed E-state index contributed by atoms with van der Waals surface area (Å²) in [6.07, 6.45) is -9.20. The molecule has 2 rings (SSSR count). The molecule has 166 valence electrons. The van der Waals surface area contributed by atoms with E-state index in [9.17, 15) is 34.8 Å². The zero-order valence-corrected chi connectivity index (χ0v) is 16.2. The Balaban J connectivity index is 2.49. The van der Waals surface area contributed by atoms with Crippen molar-refractivity contribution in [2.45, 2.75) is 31.1 Å². The van der Waals surface area contributed by atoms with E-state index in [2.05, 4.69) is 19.4 Å². The minimum Gasteiger partial charge on any atom is -0.467 e. The molecule has 0 atom stereocenters. The van der Waals surface area contributed by atoms with Gasteiger partial charge in [-0.3, -0.25) is 4.72 Å². The Kier molecular flexibility index (Phi) is 6.69. The molecule has 7 nitrogen and oxygen atoms in total. The van der Waals surface area contributed by atoms with Crippen LogP contribution in [0.3, 0.4) is 0 Å². The van der Waals surface area contributed by atoms with Gasteiger partial charge in [-0.05, 0) is 37.1 Å². The van der Waals surface area contributed by atoms with E-state index in [1.807, 2.05) is 4.72 Å². The third kappa shape index (κ3) is 6.64. The van der Waals surface area contributed by atoms with Crippen LogP contribution in [0.2, 0.25) is 0 Å². The molecular formula is C16H15F6N3O4S. The third-order valence-electron chi connectivity index (χ3n) is 3.51. The van der Waals surface area contributed by atoms with Gasteiger partial charge in [-0.1, -0.05) is 6.07 Å². The van der Waals surface area contributed by atoms with Crippen LogP contribution in [0, 0.1) is 13.8 Å². The molecule has 2 aromatic rings. The molecule has 0 amide bonds. The topological polar surface area (TPSA) is 90.4 Å². The van der Waals surface area contributed by atoms with Crippen LogP contribution in [0.1, 0.15) is 11.1 Å². The first kappa shape index (κ1) is 23.5. The molecule has 1 heterocycles. The predicted octanol–water partition coefficient (Wildman–Crippen LogP) is 3.78. The number of ether oxygens (including phenoxy) is 2. The van der Waals surface area contributed by atoms with Crippen LogP contribution >= 0.6 is 0 Å². The fraction of sp³-hybridized carbons (Fsp3) is 0.375. The minimum absolute atomic E-state index is 0.00509. The normalized spacial score (nSPS) is 12.5. The molecule has 0 bridgehead atoms. The maximum absolute atomic E-state index is 12.8. The lowest BCUT2D eigenvalue weighted by Gasteiger charge is -2.17. The van der Waals surface area contributed by atoms with E-state index >= 15 is 0 Å². The summed E-state index contributed by atoms with van der Waals surface area (Å²) in [4.78, 5) is 5.43. The predicted molar refractivity (Wildman–Crippen MR) is 91.9 cm³/mol. The van der Waals surface area contributed by atoms with Crippen LogP contribution in [0.5, 0.6) is 11.8 Å². The number of benzene rings is 1. The fourth-order valence-electron chi connectivity index (χ4n) is 2.09. The van der Waals surface area contributed by atoms with Crippen molar-refractivity contribution in [2.24, 2.45) is 0 Å². The molecule has 14 heteroatoms. The second kappa shape index (κ2) is 8.53. The van der Waals surface area contributed by atoms with Gasteiger partial charge in [-0.2, -0.15) is 26.3 Å². The number of nitrogens with one attached hydrogen (secondary N) is 1. The molecule has 1 N–H and O–H groups in total. The first-order valence-corrected chi connectivity index (χ1v) is 9.50. The summed E-state index contributed by atoms with van der Waals surface area (Å²) in [5, 5.41) is 0. The first-order valence-electron chi connectivity index (χ1n) is 8.02. The van der Waals surface area contributed by atoms with Gasteiger partial charge in [0.2, 0.25) is 16.7 Å². The summed E-state index contributed by atoms with van der Waals surface area (Å²) in [7, 11) is -4.80. The second-order valence-electron chi connectivity index (χ2n) is 6.03. The summed E-state index contributed by atoms with van der Waals surface area (Å²) >= 11 is 0. The van der Waals surface area contributed by atoms with Gasteiger partial charge in [0.25, 0.3) is 10.0 Å². The zero-order valence-electron chi connectivity index (χ0n) is 15.4. The number of hydrogen-bond acceptors (Lipinski definition) is 6. The molecule has 0 unspecified atom stereocenters. The Bertz CT molecular complexity index is 973. The Morgan fingerprint density at radius 1 is 0.900 bits per heavy atom. The Hall–Kier alpha value is -2.77. The molecule has 0 spiro atoms. The highest BCUT2D eigenvalue weighted by Crippen LogP contribution is 2.33. The average molecular weight is 459 g/mol. The maximum atomic E-state index is 12.8. The number of aromatic nitrogens is 2. The van der Waals surface area contributed by atoms with Crippen LogP contribution in [0.15, 0.2) is 29.4 Å². The van der Waals surface area contributed by atoms with E-state index in [0.29, 0.717) is 11.9 Å². The number of anilines is 1. The maximum Gasteiger partial charge on any atom is 0.422 e. The highest BCUT2D eigenvalue weighted by atomic mass is 32.2. The van der Waals surface area contributed by atoms with Gasteiger partial charge in [0, 0.05) is 5.69 Å². The quantitative estimate of drug-likeness (QED) is 0.634. The molecule has 1 aromatic carbocycles. The van der Waals surface area contributed by atoms with E-state index in [1.54, 1.807) is 19.9 Å². The number of sulfonamides is 1. The van der Waals surface area contributed by atoms with Crippen LogP contribution < -0.4 is 14.2 Å². The van der Waals surface area contributed by atoms with Crippen LogP contribution in [0.25, 0.3) is 0 Å². The van der Waals surface area contributed by atoms with Crippen molar-refractivity contribution in [3.63, 3.8) is 0 Å². The number of halogens is 6. The molecule has 30 heavy (non-hydrogen) atoms. The van der Waals surface area contributed by atoms with E-state index in [4.69, 9.17) is 0 Å². The van der Waals surface area contributed by atoms with Gasteiger partial charge < -0.3 is 9.47 Å². The number of hydrogen-bond donors (Lipinski definition) is 1. The van der Waals surface area contributed by atoms with Crippen LogP contribution in [-0.2, 0) is 10.0 Å². The summed E-state index contributed by atoms with van der Waals surface area (Å²) in [6.45, 7) is -0.441. The van der Waals surface area contributed by atoms with Crippen LogP contribution in [-0.4, -0.2) is 44.0 Å². The van der Waals surface area contributed by atoms with E-state index in [1.165, 1.54) is 12.1 Å². The number of alkyl halides is 6. The van der Waals surface area contributed by atoms with Crippen molar-refractivity contribution >= 4 is 15.7 Å². The Morgan fingerprint density at radius 3 is 1.83 bits per heavy atom. The minimum atomic E-state index is -4.86. The molecule has 0 aliphatic rings. The van der Waals surface area contributed by atoms with E-state index in [-0.39, 0.29) is 5.69 Å². The second-order valence-corrected chi connectivity index (χ2v) is 7.64. The molecule has 0 aliphatic heterocycles. The lowest BCUT2D eigenvalue weighted by atomic mass is 10.1. The van der Waals surface area contributed by atoms with Crippen molar-refractivity contribution in [3.05, 3.63) is 35.7 Å². The van der Waals surface area contributed by atoms with Crippen molar-refractivity contribution in [1.82, 2.24) is 9.97 Å². The van der Waals surface area contributed by atoms with E-state index < -0.39 is 52.2 Å².